The number of carbonyl (C=O) groups is 2. The predicted octanol–water partition coefficient (Wildman–Crippen LogP) is 1.97. The van der Waals surface area contributed by atoms with E-state index in [0.29, 0.717) is 26.0 Å². The lowest BCUT2D eigenvalue weighted by Crippen LogP contribution is -2.49. The van der Waals surface area contributed by atoms with Crippen molar-refractivity contribution >= 4 is 11.8 Å². The van der Waals surface area contributed by atoms with Gasteiger partial charge >= 0.3 is 0 Å². The van der Waals surface area contributed by atoms with E-state index in [4.69, 9.17) is 4.74 Å². The van der Waals surface area contributed by atoms with Gasteiger partial charge in [0.2, 0.25) is 5.91 Å². The number of methoxy groups -OCH3 is 1. The molecule has 24 heavy (non-hydrogen) atoms. The van der Waals surface area contributed by atoms with Crippen LogP contribution in [0.3, 0.4) is 0 Å². The van der Waals surface area contributed by atoms with Gasteiger partial charge in [-0.05, 0) is 38.0 Å². The van der Waals surface area contributed by atoms with Crippen molar-refractivity contribution in [2.24, 2.45) is 5.92 Å². The molecular weight excluding hydrogens is 318 g/mol. The third-order valence-corrected chi connectivity index (χ3v) is 4.29. The van der Waals surface area contributed by atoms with Gasteiger partial charge in [-0.15, -0.1) is 0 Å². The van der Waals surface area contributed by atoms with Crippen molar-refractivity contribution in [3.63, 3.8) is 0 Å². The fourth-order valence-corrected chi connectivity index (χ4v) is 2.82. The maximum atomic E-state index is 13.4. The Bertz CT molecular complexity index is 609. The summed E-state index contributed by atoms with van der Waals surface area (Å²) in [4.78, 5) is 26.3. The largest absolute Gasteiger partial charge is 0.383 e. The van der Waals surface area contributed by atoms with E-state index >= 15 is 0 Å². The summed E-state index contributed by atoms with van der Waals surface area (Å²) >= 11 is 0. The molecule has 2 amide bonds. The van der Waals surface area contributed by atoms with Crippen LogP contribution in [-0.2, 0) is 9.53 Å². The van der Waals surface area contributed by atoms with E-state index in [1.54, 1.807) is 12.0 Å². The minimum atomic E-state index is -1.06. The fourth-order valence-electron chi connectivity index (χ4n) is 2.82. The molecule has 7 heteroatoms. The first-order valence-corrected chi connectivity index (χ1v) is 7.96. The van der Waals surface area contributed by atoms with E-state index in [1.807, 2.05) is 6.92 Å². The van der Waals surface area contributed by atoms with Crippen molar-refractivity contribution in [1.82, 2.24) is 10.2 Å². The average molecular weight is 340 g/mol. The van der Waals surface area contributed by atoms with Crippen molar-refractivity contribution < 1.29 is 23.1 Å². The second-order valence-corrected chi connectivity index (χ2v) is 5.99. The van der Waals surface area contributed by atoms with Crippen LogP contribution in [0.15, 0.2) is 18.2 Å². The van der Waals surface area contributed by atoms with Crippen LogP contribution in [0.2, 0.25) is 0 Å². The van der Waals surface area contributed by atoms with E-state index < -0.39 is 17.5 Å². The number of nitrogens with one attached hydrogen (secondary N) is 1. The maximum Gasteiger partial charge on any atom is 0.254 e. The highest BCUT2D eigenvalue weighted by Gasteiger charge is 2.33. The molecule has 0 spiro atoms. The van der Waals surface area contributed by atoms with Crippen LogP contribution < -0.4 is 5.32 Å². The van der Waals surface area contributed by atoms with E-state index in [-0.39, 0.29) is 30.0 Å². The van der Waals surface area contributed by atoms with Gasteiger partial charge in [-0.1, -0.05) is 0 Å². The predicted molar refractivity (Wildman–Crippen MR) is 84.5 cm³/mol. The molecule has 0 bridgehead atoms. The summed E-state index contributed by atoms with van der Waals surface area (Å²) in [6.07, 6.45) is 1.36. The lowest BCUT2D eigenvalue weighted by Gasteiger charge is -2.37. The van der Waals surface area contributed by atoms with Crippen LogP contribution in [0, 0.1) is 17.6 Å². The van der Waals surface area contributed by atoms with E-state index in [2.05, 4.69) is 5.32 Å². The van der Waals surface area contributed by atoms with Gasteiger partial charge in [-0.25, -0.2) is 8.78 Å². The Morgan fingerprint density at radius 3 is 2.71 bits per heavy atom. The molecule has 0 aromatic heterocycles. The second-order valence-electron chi connectivity index (χ2n) is 5.99. The highest BCUT2D eigenvalue weighted by molar-refractivity contribution is 5.95. The molecule has 1 aliphatic rings. The van der Waals surface area contributed by atoms with Gasteiger partial charge < -0.3 is 15.0 Å². The van der Waals surface area contributed by atoms with Crippen LogP contribution in [0.1, 0.15) is 30.1 Å². The number of amides is 2. The number of hydrogen-bond acceptors (Lipinski definition) is 3. The molecule has 1 fully saturated rings. The molecule has 2 rings (SSSR count). The van der Waals surface area contributed by atoms with Gasteiger partial charge in [0.1, 0.15) is 0 Å². The van der Waals surface area contributed by atoms with Crippen LogP contribution in [0.4, 0.5) is 8.78 Å². The molecule has 0 saturated carbocycles. The van der Waals surface area contributed by atoms with E-state index in [0.717, 1.165) is 12.1 Å². The van der Waals surface area contributed by atoms with Crippen LogP contribution in [0.25, 0.3) is 0 Å². The highest BCUT2D eigenvalue weighted by Crippen LogP contribution is 2.24. The molecule has 1 aromatic rings. The molecule has 1 heterocycles. The fraction of sp³-hybridized carbons (Fsp3) is 0.529. The molecular formula is C17H22F2N2O3. The van der Waals surface area contributed by atoms with E-state index in [9.17, 15) is 18.4 Å². The van der Waals surface area contributed by atoms with Crippen LogP contribution in [0.5, 0.6) is 0 Å². The Balaban J connectivity index is 2.05. The number of carbonyl (C=O) groups excluding carboxylic acids is 2. The number of likely N-dealkylation sites (tertiary alicyclic amines) is 1. The smallest absolute Gasteiger partial charge is 0.254 e. The zero-order chi connectivity index (χ0) is 17.7. The quantitative estimate of drug-likeness (QED) is 0.834. The average Bonchev–Trinajstić information content (AvgIpc) is 2.57. The summed E-state index contributed by atoms with van der Waals surface area (Å²) < 4.78 is 31.3. The van der Waals surface area contributed by atoms with Gasteiger partial charge in [0.25, 0.3) is 5.91 Å². The zero-order valence-electron chi connectivity index (χ0n) is 13.9. The molecule has 1 saturated heterocycles. The molecule has 1 aliphatic heterocycles. The standard InChI is InChI=1S/C17H22F2N2O3/c1-11-3-4-13(16(22)20-7-8-24-2)10-21(11)17(23)12-5-6-14(18)15(19)9-12/h5-6,9,11,13H,3-4,7-8,10H2,1-2H3,(H,20,22)/t11-,13+/m0/s1. The molecule has 1 N–H and O–H groups in total. The molecule has 132 valence electrons. The van der Waals surface area contributed by atoms with Gasteiger partial charge in [0.15, 0.2) is 11.6 Å². The Kier molecular flexibility index (Phi) is 6.25. The molecule has 0 aliphatic carbocycles. The summed E-state index contributed by atoms with van der Waals surface area (Å²) in [5, 5.41) is 2.77. The summed E-state index contributed by atoms with van der Waals surface area (Å²) in [5.74, 6) is -2.88. The van der Waals surface area contributed by atoms with Crippen molar-refractivity contribution in [1.29, 1.82) is 0 Å². The minimum absolute atomic E-state index is 0.0614. The number of rotatable bonds is 5. The lowest BCUT2D eigenvalue weighted by atomic mass is 9.92. The molecule has 0 unspecified atom stereocenters. The van der Waals surface area contributed by atoms with Crippen molar-refractivity contribution in [3.05, 3.63) is 35.4 Å². The Morgan fingerprint density at radius 2 is 2.04 bits per heavy atom. The first kappa shape index (κ1) is 18.3. The topological polar surface area (TPSA) is 58.6 Å². The number of nitrogens with zero attached hydrogens (tertiary/aromatic N) is 1. The molecule has 1 aromatic carbocycles. The van der Waals surface area contributed by atoms with Crippen molar-refractivity contribution in [2.75, 3.05) is 26.8 Å². The Labute approximate surface area is 140 Å². The third kappa shape index (κ3) is 4.29. The van der Waals surface area contributed by atoms with Crippen molar-refractivity contribution in [3.8, 4) is 0 Å². The van der Waals surface area contributed by atoms with Crippen LogP contribution in [-0.4, -0.2) is 49.6 Å². The molecule has 0 radical (unpaired) electrons. The number of piperidine rings is 1. The summed E-state index contributed by atoms with van der Waals surface area (Å²) in [6.45, 7) is 2.99. The third-order valence-electron chi connectivity index (χ3n) is 4.29. The maximum absolute atomic E-state index is 13.4. The zero-order valence-corrected chi connectivity index (χ0v) is 13.9. The lowest BCUT2D eigenvalue weighted by molar-refractivity contribution is -0.126. The van der Waals surface area contributed by atoms with Gasteiger partial charge in [0, 0.05) is 31.8 Å². The van der Waals surface area contributed by atoms with Gasteiger partial charge in [0.05, 0.1) is 12.5 Å². The van der Waals surface area contributed by atoms with E-state index in [1.165, 1.54) is 6.07 Å². The summed E-state index contributed by atoms with van der Waals surface area (Å²) in [7, 11) is 1.55. The number of ether oxygens (including phenoxy) is 1. The number of benzene rings is 1. The number of halogens is 2. The Morgan fingerprint density at radius 1 is 1.29 bits per heavy atom. The molecule has 2 atom stereocenters. The van der Waals surface area contributed by atoms with Gasteiger partial charge in [-0.3, -0.25) is 9.59 Å². The first-order valence-electron chi connectivity index (χ1n) is 7.96. The van der Waals surface area contributed by atoms with Crippen molar-refractivity contribution in [2.45, 2.75) is 25.8 Å². The first-order chi connectivity index (χ1) is 11.4. The SMILES string of the molecule is COCCNC(=O)[C@@H]1CC[C@H](C)N(C(=O)c2ccc(F)c(F)c2)C1. The summed E-state index contributed by atoms with van der Waals surface area (Å²) in [5.41, 5.74) is 0.0844. The highest BCUT2D eigenvalue weighted by atomic mass is 19.2. The number of hydrogen-bond donors (Lipinski definition) is 1. The molecule has 5 nitrogen and oxygen atoms in total. The monoisotopic (exact) mass is 340 g/mol. The normalized spacial score (nSPS) is 20.8. The summed E-state index contributed by atoms with van der Waals surface area (Å²) in [6, 6.07) is 3.03. The second kappa shape index (κ2) is 8.19. The minimum Gasteiger partial charge on any atom is -0.383 e. The van der Waals surface area contributed by atoms with Gasteiger partial charge in [-0.2, -0.15) is 0 Å². The Hall–Kier alpha value is -2.02. The van der Waals surface area contributed by atoms with Crippen LogP contribution >= 0.6 is 0 Å².